The topological polar surface area (TPSA) is 0 Å². The minimum absolute atomic E-state index is 1.43. The molecule has 0 nitrogen and oxygen atoms in total. The summed E-state index contributed by atoms with van der Waals surface area (Å²) in [4.78, 5) is 0. The van der Waals surface area contributed by atoms with E-state index in [1.165, 1.54) is 11.1 Å². The van der Waals surface area contributed by atoms with E-state index >= 15 is 0 Å². The molecule has 0 heterocycles. The maximum Gasteiger partial charge on any atom is -0.0178 e. The van der Waals surface area contributed by atoms with Crippen LogP contribution in [0.1, 0.15) is 0 Å². The average molecular weight is 142 g/mol. The van der Waals surface area contributed by atoms with Gasteiger partial charge in [-0.1, -0.05) is 18.2 Å². The van der Waals surface area contributed by atoms with Crippen LogP contribution in [0, 0.1) is 0 Å². The number of hydrogen-bond donors (Lipinski definition) is 0. The van der Waals surface area contributed by atoms with Gasteiger partial charge in [-0.05, 0) is 17.2 Å². The molecule has 42 valence electrons. The fourth-order valence-electron chi connectivity index (χ4n) is 0.676. The van der Waals surface area contributed by atoms with Gasteiger partial charge in [-0.3, -0.25) is 0 Å². The lowest BCUT2D eigenvalue weighted by Crippen LogP contribution is -1.23. The summed E-state index contributed by atoms with van der Waals surface area (Å²) in [6.45, 7) is 0. The largest absolute Gasteiger partial charge is 0.118 e. The molecule has 2 atom stereocenters. The Morgan fingerprint density at radius 3 is 1.62 bits per heavy atom. The van der Waals surface area contributed by atoms with Crippen LogP contribution in [-0.2, 0) is 0 Å². The third-order valence-corrected chi connectivity index (χ3v) is 1.11. The summed E-state index contributed by atoms with van der Waals surface area (Å²) in [5.74, 6) is 0. The molecule has 2 rings (SSSR count). The lowest BCUT2D eigenvalue weighted by atomic mass is 10.6. The van der Waals surface area contributed by atoms with Crippen molar-refractivity contribution in [2.75, 3.05) is 0 Å². The van der Waals surface area contributed by atoms with Gasteiger partial charge in [-0.25, -0.2) is 0 Å². The van der Waals surface area contributed by atoms with E-state index in [2.05, 4.69) is 42.1 Å². The maximum absolute atomic E-state index is 2.33. The fourth-order valence-corrected chi connectivity index (χ4v) is 0.676. The molecule has 2 heteroatoms. The summed E-state index contributed by atoms with van der Waals surface area (Å²) in [5.41, 5.74) is 2.85. The lowest BCUT2D eigenvalue weighted by molar-refractivity contribution is 2.01. The lowest BCUT2D eigenvalue weighted by Gasteiger charge is -1.48. The van der Waals surface area contributed by atoms with Gasteiger partial charge >= 0.3 is 0 Å². The van der Waals surface area contributed by atoms with Gasteiger partial charge in [0.1, 0.15) is 0 Å². The standard InChI is InChI=1S/C6H4.H4P2/c1-2-5-4-6(5)3-1;1-2/h1-4H;1-2H2. The zero-order chi connectivity index (χ0) is 5.98. The highest BCUT2D eigenvalue weighted by molar-refractivity contribution is 7.92. The zero-order valence-electron chi connectivity index (χ0n) is 4.46. The molecule has 0 aromatic rings. The Balaban J connectivity index is 0.000000147. The van der Waals surface area contributed by atoms with Crippen LogP contribution in [0.2, 0.25) is 0 Å². The van der Waals surface area contributed by atoms with E-state index in [0.29, 0.717) is 0 Å². The van der Waals surface area contributed by atoms with Crippen molar-refractivity contribution in [3.8, 4) is 11.1 Å². The Labute approximate surface area is 54.0 Å². The summed E-state index contributed by atoms with van der Waals surface area (Å²) in [5, 5.41) is 0. The molecule has 0 amide bonds. The predicted molar refractivity (Wildman–Crippen MR) is 44.9 cm³/mol. The molecular weight excluding hydrogens is 134 g/mol. The summed E-state index contributed by atoms with van der Waals surface area (Å²) < 4.78 is 0. The first-order valence-corrected chi connectivity index (χ1v) is 5.07. The van der Waals surface area contributed by atoms with Crippen LogP contribution in [0.3, 0.4) is 0 Å². The van der Waals surface area contributed by atoms with Crippen LogP contribution < -0.4 is 0 Å². The van der Waals surface area contributed by atoms with Gasteiger partial charge in [0.05, 0.1) is 0 Å². The van der Waals surface area contributed by atoms with Crippen molar-refractivity contribution in [3.05, 3.63) is 24.3 Å². The van der Waals surface area contributed by atoms with Crippen molar-refractivity contribution in [2.45, 2.75) is 0 Å². The Bertz CT molecular complexity index is 166. The monoisotopic (exact) mass is 142 g/mol. The first-order valence-electron chi connectivity index (χ1n) is 2.40. The molecule has 0 saturated carbocycles. The molecule has 2 aliphatic rings. The predicted octanol–water partition coefficient (Wildman–Crippen LogP) is 2.32. The number of benzene rings is 1. The second kappa shape index (κ2) is 2.58. The van der Waals surface area contributed by atoms with Crippen LogP contribution in [0.25, 0.3) is 11.1 Å². The molecular formula is C6H8P2. The molecule has 0 aliphatic heterocycles. The van der Waals surface area contributed by atoms with Crippen molar-refractivity contribution in [1.29, 1.82) is 0 Å². The first-order chi connectivity index (χ1) is 3.97. The Kier molecular flexibility index (Phi) is 2.00. The molecule has 8 heavy (non-hydrogen) atoms. The minimum Gasteiger partial charge on any atom is -0.118 e. The highest BCUT2D eigenvalue weighted by atomic mass is 32.0. The normalized spacial score (nSPS) is 9.25. The van der Waals surface area contributed by atoms with Gasteiger partial charge in [0.25, 0.3) is 0 Å². The van der Waals surface area contributed by atoms with Gasteiger partial charge < -0.3 is 0 Å². The molecule has 0 N–H and O–H groups in total. The van der Waals surface area contributed by atoms with Crippen molar-refractivity contribution in [3.63, 3.8) is 0 Å². The third kappa shape index (κ3) is 1.08. The van der Waals surface area contributed by atoms with E-state index in [4.69, 9.17) is 0 Å². The minimum atomic E-state index is 1.43. The van der Waals surface area contributed by atoms with Crippen molar-refractivity contribution >= 4 is 17.9 Å². The second-order valence-corrected chi connectivity index (χ2v) is 1.58. The van der Waals surface area contributed by atoms with Gasteiger partial charge in [0, 0.05) is 0 Å². The molecule has 2 unspecified atom stereocenters. The second-order valence-electron chi connectivity index (χ2n) is 1.58. The highest BCUT2D eigenvalue weighted by Gasteiger charge is 2.06. The molecule has 0 spiro atoms. The van der Waals surface area contributed by atoms with E-state index in [0.717, 1.165) is 0 Å². The van der Waals surface area contributed by atoms with E-state index in [1.807, 2.05) is 0 Å². The number of rotatable bonds is 0. The average Bonchev–Trinajstić information content (AvgIpc) is 2.46. The Morgan fingerprint density at radius 1 is 1.00 bits per heavy atom. The smallest absolute Gasteiger partial charge is 0.0178 e. The highest BCUT2D eigenvalue weighted by Crippen LogP contribution is 2.32. The fraction of sp³-hybridized carbons (Fsp3) is 0. The van der Waals surface area contributed by atoms with Gasteiger partial charge in [-0.15, -0.1) is 17.9 Å². The SMILES string of the molecule is PP.c1cc2cc-2c1. The summed E-state index contributed by atoms with van der Waals surface area (Å²) in [7, 11) is 4.67. The van der Waals surface area contributed by atoms with E-state index in [1.54, 1.807) is 0 Å². The Morgan fingerprint density at radius 2 is 1.50 bits per heavy atom. The van der Waals surface area contributed by atoms with Crippen LogP contribution in [-0.4, -0.2) is 0 Å². The number of hydrogen-bond acceptors (Lipinski definition) is 0. The van der Waals surface area contributed by atoms with Crippen LogP contribution in [0.15, 0.2) is 24.3 Å². The van der Waals surface area contributed by atoms with Crippen LogP contribution in [0.5, 0.6) is 0 Å². The van der Waals surface area contributed by atoms with Gasteiger partial charge in [-0.2, -0.15) is 0 Å². The molecule has 0 aromatic carbocycles. The molecule has 0 fully saturated rings. The third-order valence-electron chi connectivity index (χ3n) is 1.11. The van der Waals surface area contributed by atoms with Gasteiger partial charge in [0.15, 0.2) is 0 Å². The van der Waals surface area contributed by atoms with Crippen molar-refractivity contribution < 1.29 is 0 Å². The van der Waals surface area contributed by atoms with E-state index in [-0.39, 0.29) is 0 Å². The molecule has 0 aromatic heterocycles. The maximum atomic E-state index is 2.33. The molecule has 0 saturated heterocycles. The molecule has 0 bridgehead atoms. The zero-order valence-corrected chi connectivity index (χ0v) is 6.77. The van der Waals surface area contributed by atoms with Crippen LogP contribution in [0.4, 0.5) is 0 Å². The summed E-state index contributed by atoms with van der Waals surface area (Å²) >= 11 is 0. The molecule has 0 radical (unpaired) electrons. The van der Waals surface area contributed by atoms with E-state index < -0.39 is 0 Å². The van der Waals surface area contributed by atoms with Crippen molar-refractivity contribution in [1.82, 2.24) is 0 Å². The number of fused-ring (bicyclic) bond motifs is 1. The van der Waals surface area contributed by atoms with Crippen molar-refractivity contribution in [2.24, 2.45) is 0 Å². The summed E-state index contributed by atoms with van der Waals surface area (Å²) in [6, 6.07) is 8.48. The quantitative estimate of drug-likeness (QED) is 0.495. The molecule has 2 aliphatic carbocycles. The van der Waals surface area contributed by atoms with Crippen LogP contribution >= 0.6 is 17.9 Å². The van der Waals surface area contributed by atoms with Gasteiger partial charge in [0.2, 0.25) is 0 Å². The first kappa shape index (κ1) is 6.20. The van der Waals surface area contributed by atoms with E-state index in [9.17, 15) is 0 Å². The summed E-state index contributed by atoms with van der Waals surface area (Å²) in [6.07, 6.45) is 0. The Hall–Kier alpha value is 0.0800.